The van der Waals surface area contributed by atoms with Crippen molar-refractivity contribution < 1.29 is 19.5 Å². The van der Waals surface area contributed by atoms with Crippen molar-refractivity contribution in [1.82, 2.24) is 5.32 Å². The topological polar surface area (TPSA) is 95.5 Å². The molecule has 0 fully saturated rings. The highest BCUT2D eigenvalue weighted by molar-refractivity contribution is 6.44. The molecule has 2 amide bonds. The second-order valence-corrected chi connectivity index (χ2v) is 8.52. The maximum Gasteiger partial charge on any atom is 0.326 e. The van der Waals surface area contributed by atoms with Crippen LogP contribution < -0.4 is 10.6 Å². The fourth-order valence-electron chi connectivity index (χ4n) is 2.98. The fourth-order valence-corrected chi connectivity index (χ4v) is 3.94. The molecule has 33 heavy (non-hydrogen) atoms. The summed E-state index contributed by atoms with van der Waals surface area (Å²) < 4.78 is 0. The van der Waals surface area contributed by atoms with Gasteiger partial charge in [-0.15, -0.1) is 0 Å². The Hall–Kier alpha value is -2.77. The van der Waals surface area contributed by atoms with Gasteiger partial charge in [-0.2, -0.15) is 0 Å². The van der Waals surface area contributed by atoms with Gasteiger partial charge < -0.3 is 15.7 Å². The minimum atomic E-state index is -1.22. The van der Waals surface area contributed by atoms with Gasteiger partial charge in [-0.25, -0.2) is 4.79 Å². The van der Waals surface area contributed by atoms with E-state index in [9.17, 15) is 19.5 Å². The van der Waals surface area contributed by atoms with Crippen LogP contribution in [0.15, 0.2) is 60.7 Å². The predicted molar refractivity (Wildman–Crippen MR) is 130 cm³/mol. The van der Waals surface area contributed by atoms with Crippen LogP contribution in [0.4, 0.5) is 5.69 Å². The molecule has 0 bridgehead atoms. The summed E-state index contributed by atoms with van der Waals surface area (Å²) in [6.07, 6.45) is 0.00380. The van der Waals surface area contributed by atoms with E-state index in [1.54, 1.807) is 48.5 Å². The van der Waals surface area contributed by atoms with E-state index >= 15 is 0 Å². The molecule has 0 aliphatic carbocycles. The van der Waals surface area contributed by atoms with Gasteiger partial charge in [-0.3, -0.25) is 9.59 Å². The number of halogens is 4. The number of carbonyl (C=O) groups excluding carboxylic acids is 2. The summed E-state index contributed by atoms with van der Waals surface area (Å²) in [6.45, 7) is 0. The molecule has 10 heteroatoms. The Morgan fingerprint density at radius 3 is 1.97 bits per heavy atom. The molecular formula is C23H16Cl4N2O4. The number of hydrogen-bond acceptors (Lipinski definition) is 3. The minimum Gasteiger partial charge on any atom is -0.480 e. The lowest BCUT2D eigenvalue weighted by molar-refractivity contribution is -0.139. The van der Waals surface area contributed by atoms with Crippen molar-refractivity contribution in [3.05, 3.63) is 97.4 Å². The Morgan fingerprint density at radius 2 is 1.36 bits per heavy atom. The molecule has 0 aliphatic heterocycles. The van der Waals surface area contributed by atoms with E-state index in [0.29, 0.717) is 11.3 Å². The lowest BCUT2D eigenvalue weighted by atomic mass is 10.0. The van der Waals surface area contributed by atoms with Crippen LogP contribution in [-0.2, 0) is 11.2 Å². The molecule has 0 unspecified atom stereocenters. The number of carboxylic acid groups (broad SMARTS) is 1. The van der Waals surface area contributed by atoms with Gasteiger partial charge in [0.1, 0.15) is 6.04 Å². The van der Waals surface area contributed by atoms with Crippen molar-refractivity contribution in [2.45, 2.75) is 12.5 Å². The fraction of sp³-hybridized carbons (Fsp3) is 0.0870. The third-order valence-corrected chi connectivity index (χ3v) is 6.09. The highest BCUT2D eigenvalue weighted by Crippen LogP contribution is 2.26. The number of amides is 2. The van der Waals surface area contributed by atoms with Gasteiger partial charge in [0.15, 0.2) is 0 Å². The number of hydrogen-bond donors (Lipinski definition) is 3. The first kappa shape index (κ1) is 24.9. The van der Waals surface area contributed by atoms with Gasteiger partial charge in [0, 0.05) is 12.1 Å². The van der Waals surface area contributed by atoms with Crippen LogP contribution in [0.1, 0.15) is 26.3 Å². The smallest absolute Gasteiger partial charge is 0.326 e. The maximum absolute atomic E-state index is 12.5. The van der Waals surface area contributed by atoms with Crippen LogP contribution in [0, 0.1) is 0 Å². The predicted octanol–water partition coefficient (Wildman–Crippen LogP) is 5.98. The summed E-state index contributed by atoms with van der Waals surface area (Å²) >= 11 is 24.1. The monoisotopic (exact) mass is 524 g/mol. The van der Waals surface area contributed by atoms with Crippen LogP contribution in [-0.4, -0.2) is 28.9 Å². The van der Waals surface area contributed by atoms with Crippen LogP contribution in [0.25, 0.3) is 0 Å². The Labute approximate surface area is 209 Å². The molecule has 3 aromatic carbocycles. The molecule has 6 nitrogen and oxygen atoms in total. The van der Waals surface area contributed by atoms with Crippen molar-refractivity contribution in [1.29, 1.82) is 0 Å². The first-order valence-corrected chi connectivity index (χ1v) is 11.0. The van der Waals surface area contributed by atoms with E-state index in [1.165, 1.54) is 12.1 Å². The minimum absolute atomic E-state index is 0.00380. The molecule has 0 spiro atoms. The summed E-state index contributed by atoms with van der Waals surface area (Å²) in [7, 11) is 0. The van der Waals surface area contributed by atoms with Gasteiger partial charge in [0.2, 0.25) is 0 Å². The number of benzene rings is 3. The average molecular weight is 526 g/mol. The Balaban J connectivity index is 1.69. The second kappa shape index (κ2) is 10.9. The summed E-state index contributed by atoms with van der Waals surface area (Å²) in [5.74, 6) is -2.35. The van der Waals surface area contributed by atoms with E-state index in [-0.39, 0.29) is 37.6 Å². The molecular weight excluding hydrogens is 510 g/mol. The van der Waals surface area contributed by atoms with E-state index in [0.717, 1.165) is 0 Å². The van der Waals surface area contributed by atoms with Gasteiger partial charge in [-0.1, -0.05) is 70.7 Å². The number of carbonyl (C=O) groups is 3. The third kappa shape index (κ3) is 6.18. The Kier molecular flexibility index (Phi) is 8.21. The van der Waals surface area contributed by atoms with Gasteiger partial charge in [-0.05, 0) is 42.0 Å². The summed E-state index contributed by atoms with van der Waals surface area (Å²) in [5, 5.41) is 15.4. The van der Waals surface area contributed by atoms with E-state index in [4.69, 9.17) is 46.4 Å². The highest BCUT2D eigenvalue weighted by Gasteiger charge is 2.23. The summed E-state index contributed by atoms with van der Waals surface area (Å²) in [5.41, 5.74) is 1.31. The van der Waals surface area contributed by atoms with Crippen molar-refractivity contribution >= 4 is 69.9 Å². The molecule has 1 atom stereocenters. The molecule has 3 rings (SSSR count). The van der Waals surface area contributed by atoms with Crippen LogP contribution >= 0.6 is 46.4 Å². The van der Waals surface area contributed by atoms with Crippen molar-refractivity contribution in [2.24, 2.45) is 0 Å². The zero-order valence-electron chi connectivity index (χ0n) is 16.7. The molecule has 0 heterocycles. The van der Waals surface area contributed by atoms with Crippen molar-refractivity contribution in [3.8, 4) is 0 Å². The third-order valence-electron chi connectivity index (χ3n) is 4.64. The largest absolute Gasteiger partial charge is 0.480 e. The van der Waals surface area contributed by atoms with Crippen molar-refractivity contribution in [2.75, 3.05) is 5.32 Å². The first-order valence-electron chi connectivity index (χ1n) is 9.49. The quantitative estimate of drug-likeness (QED) is 0.353. The molecule has 0 radical (unpaired) electrons. The van der Waals surface area contributed by atoms with Gasteiger partial charge in [0.25, 0.3) is 11.8 Å². The highest BCUT2D eigenvalue weighted by atomic mass is 35.5. The Morgan fingerprint density at radius 1 is 0.788 bits per heavy atom. The number of carboxylic acids is 1. The lowest BCUT2D eigenvalue weighted by Crippen LogP contribution is -2.42. The van der Waals surface area contributed by atoms with E-state index in [2.05, 4.69) is 10.6 Å². The lowest BCUT2D eigenvalue weighted by Gasteiger charge is -2.16. The molecule has 0 saturated heterocycles. The summed E-state index contributed by atoms with van der Waals surface area (Å²) in [6, 6.07) is 14.5. The maximum atomic E-state index is 12.5. The molecule has 3 N–H and O–H groups in total. The van der Waals surface area contributed by atoms with Gasteiger partial charge in [0.05, 0.1) is 31.2 Å². The number of nitrogens with one attached hydrogen (secondary N) is 2. The molecule has 0 aromatic heterocycles. The normalized spacial score (nSPS) is 11.5. The van der Waals surface area contributed by atoms with Crippen LogP contribution in [0.3, 0.4) is 0 Å². The zero-order valence-corrected chi connectivity index (χ0v) is 19.8. The first-order chi connectivity index (χ1) is 15.7. The van der Waals surface area contributed by atoms with Crippen molar-refractivity contribution in [3.63, 3.8) is 0 Å². The number of rotatable bonds is 7. The summed E-state index contributed by atoms with van der Waals surface area (Å²) in [4.78, 5) is 36.7. The average Bonchev–Trinajstić information content (AvgIpc) is 2.76. The molecule has 0 saturated carbocycles. The van der Waals surface area contributed by atoms with Crippen LogP contribution in [0.2, 0.25) is 20.1 Å². The number of anilines is 1. The Bertz CT molecular complexity index is 1200. The van der Waals surface area contributed by atoms with Crippen LogP contribution in [0.5, 0.6) is 0 Å². The van der Waals surface area contributed by atoms with E-state index in [1.807, 2.05) is 0 Å². The zero-order chi connectivity index (χ0) is 24.1. The SMILES string of the molecule is O=C(N[C@@H](Cc1ccc(NC(=O)c2c(Cl)cccc2Cl)cc1)C(=O)O)c1cccc(Cl)c1Cl. The standard InChI is InChI=1S/C23H16Cl4N2O4/c24-15-4-2-5-16(25)19(15)22(31)28-13-9-7-12(8-10-13)11-18(23(32)33)29-21(30)14-3-1-6-17(26)20(14)27/h1-10,18H,11H2,(H,28,31)(H,29,30)(H,32,33)/t18-/m0/s1. The van der Waals surface area contributed by atoms with Gasteiger partial charge >= 0.3 is 5.97 Å². The van der Waals surface area contributed by atoms with E-state index < -0.39 is 23.8 Å². The molecule has 3 aromatic rings. The number of aliphatic carboxylic acids is 1. The molecule has 0 aliphatic rings. The molecule has 170 valence electrons. The second-order valence-electron chi connectivity index (χ2n) is 6.92.